The van der Waals surface area contributed by atoms with Gasteiger partial charge in [0.25, 0.3) is 5.91 Å². The Morgan fingerprint density at radius 2 is 2.17 bits per heavy atom. The number of ether oxygens (including phenoxy) is 2. The molecule has 0 radical (unpaired) electrons. The van der Waals surface area contributed by atoms with Gasteiger partial charge < -0.3 is 20.5 Å². The lowest BCUT2D eigenvalue weighted by molar-refractivity contribution is 0.0688. The Bertz CT molecular complexity index is 356. The number of nitrogens with one attached hydrogen (secondary N) is 1. The van der Waals surface area contributed by atoms with E-state index >= 15 is 0 Å². The summed E-state index contributed by atoms with van der Waals surface area (Å²) in [4.78, 5) is 11.6. The number of nitrogens with two attached hydrogens (primary N) is 1. The smallest absolute Gasteiger partial charge is 0.271 e. The lowest BCUT2D eigenvalue weighted by Crippen LogP contribution is -2.26. The van der Waals surface area contributed by atoms with Crippen LogP contribution in [0.15, 0.2) is 12.1 Å². The van der Waals surface area contributed by atoms with Crippen LogP contribution in [0, 0.1) is 0 Å². The van der Waals surface area contributed by atoms with Gasteiger partial charge in [-0.05, 0) is 18.6 Å². The summed E-state index contributed by atoms with van der Waals surface area (Å²) in [6.45, 7) is 2.25. The second-order valence-electron chi connectivity index (χ2n) is 3.56. The van der Waals surface area contributed by atoms with Crippen LogP contribution in [0.2, 0.25) is 0 Å². The summed E-state index contributed by atoms with van der Waals surface area (Å²) in [5.41, 5.74) is 5.63. The van der Waals surface area contributed by atoms with Crippen LogP contribution in [0.3, 0.4) is 0 Å². The fourth-order valence-corrected chi connectivity index (χ4v) is 1.17. The van der Waals surface area contributed by atoms with Gasteiger partial charge in [0.2, 0.25) is 0 Å². The molecule has 0 unspecified atom stereocenters. The number of anilines is 1. The zero-order valence-electron chi connectivity index (χ0n) is 10.4. The molecule has 7 nitrogen and oxygen atoms in total. The summed E-state index contributed by atoms with van der Waals surface area (Å²) in [6, 6.07) is 3.07. The van der Waals surface area contributed by atoms with Crippen LogP contribution in [-0.2, 0) is 9.47 Å². The van der Waals surface area contributed by atoms with Crippen molar-refractivity contribution in [2.45, 2.75) is 6.42 Å². The van der Waals surface area contributed by atoms with Crippen molar-refractivity contribution in [2.24, 2.45) is 0 Å². The molecule has 100 valence electrons. The van der Waals surface area contributed by atoms with Crippen molar-refractivity contribution in [1.29, 1.82) is 0 Å². The van der Waals surface area contributed by atoms with Gasteiger partial charge in [-0.1, -0.05) is 0 Å². The standard InChI is InChI=1S/C11H18N4O3/c1-17-7-8-18-6-2-5-13-11(16)9-3-4-10(12)15-14-9/h3-4H,2,5-8H2,1H3,(H2,12,15)(H,13,16). The van der Waals surface area contributed by atoms with Crippen LogP contribution < -0.4 is 11.1 Å². The van der Waals surface area contributed by atoms with Gasteiger partial charge in [-0.2, -0.15) is 0 Å². The van der Waals surface area contributed by atoms with Crippen LogP contribution in [0.5, 0.6) is 0 Å². The van der Waals surface area contributed by atoms with E-state index in [2.05, 4.69) is 15.5 Å². The van der Waals surface area contributed by atoms with Gasteiger partial charge in [0, 0.05) is 20.3 Å². The highest BCUT2D eigenvalue weighted by molar-refractivity contribution is 5.92. The third-order valence-electron chi connectivity index (χ3n) is 2.10. The molecule has 0 fully saturated rings. The molecule has 1 heterocycles. The molecule has 1 amide bonds. The highest BCUT2D eigenvalue weighted by Gasteiger charge is 2.06. The van der Waals surface area contributed by atoms with Crippen molar-refractivity contribution in [2.75, 3.05) is 39.2 Å². The van der Waals surface area contributed by atoms with Gasteiger partial charge in [0.05, 0.1) is 13.2 Å². The number of carbonyl (C=O) groups is 1. The summed E-state index contributed by atoms with van der Waals surface area (Å²) < 4.78 is 10.1. The number of aromatic nitrogens is 2. The number of nitrogen functional groups attached to an aromatic ring is 1. The molecule has 0 bridgehead atoms. The van der Waals surface area contributed by atoms with Crippen LogP contribution in [0.25, 0.3) is 0 Å². The summed E-state index contributed by atoms with van der Waals surface area (Å²) in [5.74, 6) is 0.0254. The van der Waals surface area contributed by atoms with Crippen LogP contribution in [0.4, 0.5) is 5.82 Å². The van der Waals surface area contributed by atoms with Crippen molar-refractivity contribution < 1.29 is 14.3 Å². The third kappa shape index (κ3) is 5.55. The molecule has 0 aliphatic heterocycles. The molecule has 0 saturated carbocycles. The van der Waals surface area contributed by atoms with Crippen molar-refractivity contribution in [1.82, 2.24) is 15.5 Å². The molecule has 0 aliphatic carbocycles. The molecule has 0 spiro atoms. The van der Waals surface area contributed by atoms with E-state index in [1.807, 2.05) is 0 Å². The van der Waals surface area contributed by atoms with E-state index in [4.69, 9.17) is 15.2 Å². The van der Waals surface area contributed by atoms with Crippen molar-refractivity contribution in [3.8, 4) is 0 Å². The van der Waals surface area contributed by atoms with Gasteiger partial charge in [-0.15, -0.1) is 10.2 Å². The van der Waals surface area contributed by atoms with Crippen LogP contribution in [0.1, 0.15) is 16.9 Å². The van der Waals surface area contributed by atoms with Crippen molar-refractivity contribution in [3.63, 3.8) is 0 Å². The fourth-order valence-electron chi connectivity index (χ4n) is 1.17. The maximum absolute atomic E-state index is 11.6. The normalized spacial score (nSPS) is 10.3. The monoisotopic (exact) mass is 254 g/mol. The molecule has 18 heavy (non-hydrogen) atoms. The molecule has 1 rings (SSSR count). The minimum Gasteiger partial charge on any atom is -0.382 e. The Labute approximate surface area is 106 Å². The summed E-state index contributed by atoms with van der Waals surface area (Å²) in [6.07, 6.45) is 0.734. The Hall–Kier alpha value is -1.73. The predicted octanol–water partition coefficient (Wildman–Crippen LogP) is -0.158. The van der Waals surface area contributed by atoms with Crippen LogP contribution in [-0.4, -0.2) is 49.6 Å². The Morgan fingerprint density at radius 1 is 1.33 bits per heavy atom. The lowest BCUT2D eigenvalue weighted by atomic mass is 10.3. The summed E-state index contributed by atoms with van der Waals surface area (Å²) in [5, 5.41) is 10.0. The van der Waals surface area contributed by atoms with Crippen molar-refractivity contribution >= 4 is 11.7 Å². The van der Waals surface area contributed by atoms with Crippen molar-refractivity contribution in [3.05, 3.63) is 17.8 Å². The number of hydrogen-bond donors (Lipinski definition) is 2. The molecule has 0 aliphatic rings. The minimum atomic E-state index is -0.264. The molecule has 0 atom stereocenters. The van der Waals surface area contributed by atoms with E-state index in [0.29, 0.717) is 26.4 Å². The Morgan fingerprint density at radius 3 is 2.83 bits per heavy atom. The van der Waals surface area contributed by atoms with Gasteiger partial charge >= 0.3 is 0 Å². The van der Waals surface area contributed by atoms with E-state index in [0.717, 1.165) is 6.42 Å². The Balaban J connectivity index is 2.12. The molecule has 1 aromatic heterocycles. The minimum absolute atomic E-state index is 0.254. The van der Waals surface area contributed by atoms with E-state index in [1.54, 1.807) is 7.11 Å². The number of nitrogens with zero attached hydrogens (tertiary/aromatic N) is 2. The zero-order valence-corrected chi connectivity index (χ0v) is 10.4. The molecule has 0 aromatic carbocycles. The highest BCUT2D eigenvalue weighted by atomic mass is 16.5. The fraction of sp³-hybridized carbons (Fsp3) is 0.545. The number of amides is 1. The Kier molecular flexibility index (Phi) is 6.67. The highest BCUT2D eigenvalue weighted by Crippen LogP contribution is 1.96. The zero-order chi connectivity index (χ0) is 13.2. The number of hydrogen-bond acceptors (Lipinski definition) is 6. The first-order valence-electron chi connectivity index (χ1n) is 5.68. The number of rotatable bonds is 8. The number of methoxy groups -OCH3 is 1. The van der Waals surface area contributed by atoms with Gasteiger partial charge in [-0.3, -0.25) is 4.79 Å². The van der Waals surface area contributed by atoms with E-state index in [9.17, 15) is 4.79 Å². The molecule has 7 heteroatoms. The SMILES string of the molecule is COCCOCCCNC(=O)c1ccc(N)nn1. The average molecular weight is 254 g/mol. The maximum atomic E-state index is 11.6. The van der Waals surface area contributed by atoms with Gasteiger partial charge in [0.15, 0.2) is 5.69 Å². The van der Waals surface area contributed by atoms with Gasteiger partial charge in [0.1, 0.15) is 5.82 Å². The lowest BCUT2D eigenvalue weighted by Gasteiger charge is -2.05. The summed E-state index contributed by atoms with van der Waals surface area (Å²) >= 11 is 0. The quantitative estimate of drug-likeness (QED) is 0.625. The van der Waals surface area contributed by atoms with E-state index in [1.165, 1.54) is 12.1 Å². The molecule has 1 aromatic rings. The average Bonchev–Trinajstić information content (AvgIpc) is 2.38. The second kappa shape index (κ2) is 8.37. The molecule has 0 saturated heterocycles. The number of carbonyl (C=O) groups excluding carboxylic acids is 1. The maximum Gasteiger partial charge on any atom is 0.271 e. The third-order valence-corrected chi connectivity index (χ3v) is 2.10. The summed E-state index contributed by atoms with van der Waals surface area (Å²) in [7, 11) is 1.62. The second-order valence-corrected chi connectivity index (χ2v) is 3.56. The molecular formula is C11H18N4O3. The largest absolute Gasteiger partial charge is 0.382 e. The predicted molar refractivity (Wildman–Crippen MR) is 66.1 cm³/mol. The topological polar surface area (TPSA) is 99.4 Å². The first kappa shape index (κ1) is 14.3. The van der Waals surface area contributed by atoms with E-state index < -0.39 is 0 Å². The van der Waals surface area contributed by atoms with Crippen LogP contribution >= 0.6 is 0 Å². The first-order valence-corrected chi connectivity index (χ1v) is 5.68. The first-order chi connectivity index (χ1) is 8.74. The molecular weight excluding hydrogens is 236 g/mol. The van der Waals surface area contributed by atoms with Gasteiger partial charge in [-0.25, -0.2) is 0 Å². The molecule has 3 N–H and O–H groups in total. The van der Waals surface area contributed by atoms with E-state index in [-0.39, 0.29) is 17.4 Å².